The molecular formula is C14H23N3O2S. The van der Waals surface area contributed by atoms with Crippen LogP contribution in [0.3, 0.4) is 0 Å². The van der Waals surface area contributed by atoms with E-state index in [0.717, 1.165) is 24.8 Å². The van der Waals surface area contributed by atoms with Gasteiger partial charge in [0.2, 0.25) is 0 Å². The maximum atomic E-state index is 12.3. The van der Waals surface area contributed by atoms with E-state index in [1.54, 1.807) is 18.3 Å². The molecule has 1 heterocycles. The van der Waals surface area contributed by atoms with Crippen molar-refractivity contribution in [2.75, 3.05) is 7.05 Å². The maximum absolute atomic E-state index is 12.3. The van der Waals surface area contributed by atoms with Crippen LogP contribution >= 0.6 is 0 Å². The van der Waals surface area contributed by atoms with E-state index in [-0.39, 0.29) is 16.5 Å². The van der Waals surface area contributed by atoms with Crippen molar-refractivity contribution in [3.05, 3.63) is 23.9 Å². The highest BCUT2D eigenvalue weighted by Crippen LogP contribution is 2.37. The fraction of sp³-hybridized carbons (Fsp3) is 0.643. The number of pyridine rings is 1. The fourth-order valence-corrected chi connectivity index (χ4v) is 3.89. The summed E-state index contributed by atoms with van der Waals surface area (Å²) < 4.78 is 27.3. The number of sulfonamides is 1. The van der Waals surface area contributed by atoms with Crippen molar-refractivity contribution in [2.24, 2.45) is 5.41 Å². The van der Waals surface area contributed by atoms with Gasteiger partial charge in [-0.25, -0.2) is 18.1 Å². The maximum Gasteiger partial charge on any atom is 0.258 e. The molecule has 1 aromatic rings. The van der Waals surface area contributed by atoms with Gasteiger partial charge in [-0.1, -0.05) is 19.9 Å². The van der Waals surface area contributed by atoms with Crippen LogP contribution in [0.25, 0.3) is 0 Å². The molecule has 0 saturated heterocycles. The molecule has 6 heteroatoms. The molecule has 112 valence electrons. The van der Waals surface area contributed by atoms with Gasteiger partial charge in [0.05, 0.1) is 0 Å². The van der Waals surface area contributed by atoms with Crippen molar-refractivity contribution >= 4 is 10.0 Å². The quantitative estimate of drug-likeness (QED) is 0.867. The first-order valence-electron chi connectivity index (χ1n) is 6.94. The summed E-state index contributed by atoms with van der Waals surface area (Å²) in [6.07, 6.45) is 4.42. The van der Waals surface area contributed by atoms with E-state index in [4.69, 9.17) is 0 Å². The molecule has 1 aliphatic rings. The SMILES string of the molecule is CNCc1ccc(S(=O)(=O)NC2CCC(C)(C)C2)nc1. The van der Waals surface area contributed by atoms with Gasteiger partial charge >= 0.3 is 0 Å². The van der Waals surface area contributed by atoms with E-state index in [0.29, 0.717) is 6.54 Å². The van der Waals surface area contributed by atoms with Crippen LogP contribution in [0.5, 0.6) is 0 Å². The highest BCUT2D eigenvalue weighted by molar-refractivity contribution is 7.89. The predicted molar refractivity (Wildman–Crippen MR) is 78.7 cm³/mol. The van der Waals surface area contributed by atoms with Crippen molar-refractivity contribution in [3.63, 3.8) is 0 Å². The molecule has 0 bridgehead atoms. The second kappa shape index (κ2) is 5.79. The zero-order valence-electron chi connectivity index (χ0n) is 12.3. The molecule has 1 unspecified atom stereocenters. The minimum atomic E-state index is -3.51. The molecule has 2 N–H and O–H groups in total. The van der Waals surface area contributed by atoms with Crippen LogP contribution in [-0.4, -0.2) is 26.5 Å². The molecule has 1 atom stereocenters. The van der Waals surface area contributed by atoms with Crippen molar-refractivity contribution in [1.82, 2.24) is 15.0 Å². The monoisotopic (exact) mass is 297 g/mol. The Morgan fingerprint density at radius 3 is 2.65 bits per heavy atom. The van der Waals surface area contributed by atoms with E-state index in [1.165, 1.54) is 0 Å². The highest BCUT2D eigenvalue weighted by Gasteiger charge is 2.33. The smallest absolute Gasteiger partial charge is 0.258 e. The summed E-state index contributed by atoms with van der Waals surface area (Å²) in [5.74, 6) is 0. The number of aromatic nitrogens is 1. The van der Waals surface area contributed by atoms with Crippen molar-refractivity contribution in [1.29, 1.82) is 0 Å². The van der Waals surface area contributed by atoms with E-state index in [1.807, 2.05) is 7.05 Å². The summed E-state index contributed by atoms with van der Waals surface area (Å²) in [4.78, 5) is 4.06. The Balaban J connectivity index is 2.07. The number of hydrogen-bond acceptors (Lipinski definition) is 4. The van der Waals surface area contributed by atoms with Gasteiger partial charge < -0.3 is 5.32 Å². The van der Waals surface area contributed by atoms with Gasteiger partial charge in [0.25, 0.3) is 10.0 Å². The third kappa shape index (κ3) is 3.77. The number of nitrogens with one attached hydrogen (secondary N) is 2. The molecule has 1 aromatic heterocycles. The lowest BCUT2D eigenvalue weighted by Gasteiger charge is -2.17. The topological polar surface area (TPSA) is 71.1 Å². The Bertz CT molecular complexity index is 552. The average molecular weight is 297 g/mol. The lowest BCUT2D eigenvalue weighted by atomic mass is 9.92. The predicted octanol–water partition coefficient (Wildman–Crippen LogP) is 1.66. The Hall–Kier alpha value is -0.980. The molecule has 20 heavy (non-hydrogen) atoms. The second-order valence-corrected chi connectivity index (χ2v) is 7.92. The molecule has 2 rings (SSSR count). The molecule has 0 amide bonds. The number of nitrogens with zero attached hydrogens (tertiary/aromatic N) is 1. The Kier molecular flexibility index (Phi) is 4.46. The van der Waals surface area contributed by atoms with Crippen molar-refractivity contribution < 1.29 is 8.42 Å². The second-order valence-electron chi connectivity index (χ2n) is 6.26. The van der Waals surface area contributed by atoms with E-state index in [9.17, 15) is 8.42 Å². The first-order chi connectivity index (χ1) is 9.32. The van der Waals surface area contributed by atoms with Crippen molar-refractivity contribution in [2.45, 2.75) is 50.7 Å². The molecule has 1 saturated carbocycles. The van der Waals surface area contributed by atoms with E-state index in [2.05, 4.69) is 28.9 Å². The molecule has 1 aliphatic carbocycles. The van der Waals surface area contributed by atoms with Gasteiger partial charge in [-0.3, -0.25) is 0 Å². The Labute approximate surface area is 121 Å². The summed E-state index contributed by atoms with van der Waals surface area (Å²) in [6, 6.07) is 3.37. The standard InChI is InChI=1S/C14H23N3O2S/c1-14(2)7-6-12(8-14)17-20(18,19)13-5-4-11(9-15-3)10-16-13/h4-5,10,12,15,17H,6-9H2,1-3H3. The van der Waals surface area contributed by atoms with Crippen LogP contribution < -0.4 is 10.0 Å². The van der Waals surface area contributed by atoms with Crippen LogP contribution in [-0.2, 0) is 16.6 Å². The average Bonchev–Trinajstić information content (AvgIpc) is 2.69. The third-order valence-electron chi connectivity index (χ3n) is 3.74. The van der Waals surface area contributed by atoms with Crippen LogP contribution in [0.15, 0.2) is 23.4 Å². The molecule has 0 radical (unpaired) electrons. The van der Waals surface area contributed by atoms with Gasteiger partial charge in [0.1, 0.15) is 0 Å². The molecular weight excluding hydrogens is 274 g/mol. The first kappa shape index (κ1) is 15.4. The van der Waals surface area contributed by atoms with Gasteiger partial charge in [-0.2, -0.15) is 0 Å². The normalized spacial score (nSPS) is 22.1. The zero-order chi connectivity index (χ0) is 14.8. The Morgan fingerprint density at radius 2 is 2.15 bits per heavy atom. The van der Waals surface area contributed by atoms with Gasteiger partial charge in [-0.15, -0.1) is 0 Å². The molecule has 1 fully saturated rings. The van der Waals surface area contributed by atoms with E-state index < -0.39 is 10.0 Å². The summed E-state index contributed by atoms with van der Waals surface area (Å²) in [6.45, 7) is 5.02. The molecule has 0 aromatic carbocycles. The fourth-order valence-electron chi connectivity index (χ4n) is 2.70. The molecule has 5 nitrogen and oxygen atoms in total. The van der Waals surface area contributed by atoms with Crippen molar-refractivity contribution in [3.8, 4) is 0 Å². The van der Waals surface area contributed by atoms with Crippen LogP contribution in [0.2, 0.25) is 0 Å². The van der Waals surface area contributed by atoms with Gasteiger partial charge in [-0.05, 0) is 43.4 Å². The third-order valence-corrected chi connectivity index (χ3v) is 5.18. The minimum Gasteiger partial charge on any atom is -0.316 e. The van der Waals surface area contributed by atoms with Crippen LogP contribution in [0.1, 0.15) is 38.7 Å². The zero-order valence-corrected chi connectivity index (χ0v) is 13.1. The minimum absolute atomic E-state index is 0.0220. The summed E-state index contributed by atoms with van der Waals surface area (Å²) in [5, 5.41) is 3.10. The number of rotatable bonds is 5. The summed E-state index contributed by atoms with van der Waals surface area (Å²) >= 11 is 0. The molecule has 0 spiro atoms. The first-order valence-corrected chi connectivity index (χ1v) is 8.43. The van der Waals surface area contributed by atoms with Crippen LogP contribution in [0, 0.1) is 5.41 Å². The summed E-state index contributed by atoms with van der Waals surface area (Å²) in [5.41, 5.74) is 1.19. The highest BCUT2D eigenvalue weighted by atomic mass is 32.2. The number of hydrogen-bond donors (Lipinski definition) is 2. The lowest BCUT2D eigenvalue weighted by Crippen LogP contribution is -2.34. The summed E-state index contributed by atoms with van der Waals surface area (Å²) in [7, 11) is -1.67. The van der Waals surface area contributed by atoms with E-state index >= 15 is 0 Å². The van der Waals surface area contributed by atoms with Gasteiger partial charge in [0, 0.05) is 18.8 Å². The van der Waals surface area contributed by atoms with Gasteiger partial charge in [0.15, 0.2) is 5.03 Å². The lowest BCUT2D eigenvalue weighted by molar-refractivity contribution is 0.372. The largest absolute Gasteiger partial charge is 0.316 e. The molecule has 0 aliphatic heterocycles. The van der Waals surface area contributed by atoms with Crippen LogP contribution in [0.4, 0.5) is 0 Å². The Morgan fingerprint density at radius 1 is 1.40 bits per heavy atom.